The van der Waals surface area contributed by atoms with Crippen LogP contribution in [-0.4, -0.2) is 31.9 Å². The van der Waals surface area contributed by atoms with Gasteiger partial charge < -0.3 is 5.11 Å². The van der Waals surface area contributed by atoms with Crippen molar-refractivity contribution in [3.8, 4) is 5.69 Å². The molecule has 1 atom stereocenters. The molecule has 4 rings (SSSR count). The van der Waals surface area contributed by atoms with E-state index in [1.807, 2.05) is 6.07 Å². The zero-order chi connectivity index (χ0) is 16.7. The van der Waals surface area contributed by atoms with Gasteiger partial charge in [-0.15, -0.1) is 5.10 Å². The van der Waals surface area contributed by atoms with Gasteiger partial charge in [0.2, 0.25) is 0 Å². The number of fused-ring (bicyclic) bond motifs is 3. The van der Waals surface area contributed by atoms with Crippen LogP contribution < -0.4 is 4.48 Å². The van der Waals surface area contributed by atoms with Gasteiger partial charge in [-0.2, -0.15) is 4.79 Å². The van der Waals surface area contributed by atoms with Crippen molar-refractivity contribution < 1.29 is 14.7 Å². The highest BCUT2D eigenvalue weighted by molar-refractivity contribution is 6.15. The number of amides is 2. The molecule has 1 aliphatic heterocycles. The summed E-state index contributed by atoms with van der Waals surface area (Å²) in [4.78, 5) is 25.4. The van der Waals surface area contributed by atoms with Crippen LogP contribution in [0.1, 0.15) is 15.9 Å². The highest BCUT2D eigenvalue weighted by atomic mass is 16.4. The largest absolute Gasteiger partial charge is 0.529 e. The van der Waals surface area contributed by atoms with E-state index in [1.54, 1.807) is 53.1 Å². The molecular weight excluding hydrogens is 308 g/mol. The van der Waals surface area contributed by atoms with Crippen LogP contribution in [0.3, 0.4) is 0 Å². The van der Waals surface area contributed by atoms with Gasteiger partial charge in [0, 0.05) is 5.56 Å². The van der Waals surface area contributed by atoms with Gasteiger partial charge in [-0.1, -0.05) is 52.0 Å². The van der Waals surface area contributed by atoms with E-state index in [1.165, 1.54) is 6.33 Å². The number of carbonyl (C=O) groups is 2. The molecule has 0 bridgehead atoms. The smallest absolute Gasteiger partial charge is 0.435 e. The van der Waals surface area contributed by atoms with Gasteiger partial charge in [-0.05, 0) is 12.1 Å². The van der Waals surface area contributed by atoms with Gasteiger partial charge in [0.1, 0.15) is 18.4 Å². The summed E-state index contributed by atoms with van der Waals surface area (Å²) >= 11 is 0. The van der Waals surface area contributed by atoms with Crippen molar-refractivity contribution in [1.29, 1.82) is 0 Å². The molecule has 0 fully saturated rings. The lowest BCUT2D eigenvalue weighted by molar-refractivity contribution is 0.0712. The Labute approximate surface area is 137 Å². The minimum atomic E-state index is -1.28. The number of imide groups is 1. The second kappa shape index (κ2) is 5.10. The van der Waals surface area contributed by atoms with E-state index >= 15 is 0 Å². The number of hydrogen-bond donors (Lipinski definition) is 1. The Balaban J connectivity index is 1.98. The van der Waals surface area contributed by atoms with Crippen molar-refractivity contribution in [2.24, 2.45) is 0 Å². The molecule has 3 aromatic rings. The van der Waals surface area contributed by atoms with Crippen LogP contribution in [0.25, 0.3) is 5.69 Å². The van der Waals surface area contributed by atoms with E-state index in [4.69, 9.17) is 0 Å². The molecule has 2 amide bonds. The molecule has 1 aromatic heterocycles. The quantitative estimate of drug-likeness (QED) is 0.733. The molecule has 2 aromatic carbocycles. The number of quaternary nitrogens is 1. The van der Waals surface area contributed by atoms with Gasteiger partial charge in [0.15, 0.2) is 0 Å². The van der Waals surface area contributed by atoms with Gasteiger partial charge in [0.05, 0.1) is 5.69 Å². The normalized spacial score (nSPS) is 18.8. The average molecular weight is 321 g/mol. The third-order valence-electron chi connectivity index (χ3n) is 4.20. The lowest BCUT2D eigenvalue weighted by Crippen LogP contribution is -2.60. The first-order valence-electron chi connectivity index (χ1n) is 7.35. The fourth-order valence-corrected chi connectivity index (χ4v) is 3.06. The molecule has 118 valence electrons. The predicted molar refractivity (Wildman–Crippen MR) is 85.7 cm³/mol. The summed E-state index contributed by atoms with van der Waals surface area (Å²) in [5.41, 5.74) is 1.65. The highest BCUT2D eigenvalue weighted by Crippen LogP contribution is 2.36. The van der Waals surface area contributed by atoms with Gasteiger partial charge in [-0.25, -0.2) is 9.36 Å². The van der Waals surface area contributed by atoms with Gasteiger partial charge in [-0.3, -0.25) is 0 Å². The number of carbonyl (C=O) groups excluding carboxylic acids is 1. The van der Waals surface area contributed by atoms with E-state index in [0.717, 1.165) is 5.56 Å². The first kappa shape index (κ1) is 14.3. The van der Waals surface area contributed by atoms with Crippen LogP contribution in [0.2, 0.25) is 0 Å². The number of rotatable bonds is 2. The number of carboxylic acid groups (broad SMARTS) is 1. The van der Waals surface area contributed by atoms with Crippen molar-refractivity contribution in [2.45, 2.75) is 6.54 Å². The third kappa shape index (κ3) is 1.82. The summed E-state index contributed by atoms with van der Waals surface area (Å²) < 4.78 is 0.620. The predicted octanol–water partition coefficient (Wildman–Crippen LogP) is 2.61. The standard InChI is InChI=1S/C17H12N4O3/c22-15-13-8-4-5-9-14(13)20-11-18-19-16(20)21(15,17(23)24)10-12-6-2-1-3-7-12/h1-9,11H,10H2/p+1. The second-order valence-corrected chi connectivity index (χ2v) is 5.56. The maximum absolute atomic E-state index is 13.2. The highest BCUT2D eigenvalue weighted by Gasteiger charge is 2.56. The lowest BCUT2D eigenvalue weighted by Gasteiger charge is -2.32. The Morgan fingerprint density at radius 1 is 1.08 bits per heavy atom. The third-order valence-corrected chi connectivity index (χ3v) is 4.20. The molecule has 1 aliphatic rings. The molecule has 7 nitrogen and oxygen atoms in total. The van der Waals surface area contributed by atoms with Crippen LogP contribution in [0.4, 0.5) is 10.7 Å². The van der Waals surface area contributed by atoms with E-state index in [-0.39, 0.29) is 12.5 Å². The maximum Gasteiger partial charge on any atom is 0.529 e. The zero-order valence-corrected chi connectivity index (χ0v) is 12.5. The SMILES string of the molecule is O=C(O)[N+]1(Cc2ccccc2)C(=O)c2ccccc2-n2cnnc21. The minimum absolute atomic E-state index is 0.0396. The molecule has 0 saturated carbocycles. The first-order valence-corrected chi connectivity index (χ1v) is 7.35. The summed E-state index contributed by atoms with van der Waals surface area (Å²) in [6.07, 6.45) is 0.147. The van der Waals surface area contributed by atoms with E-state index in [0.29, 0.717) is 11.3 Å². The zero-order valence-electron chi connectivity index (χ0n) is 12.5. The molecule has 0 spiro atoms. The molecule has 2 heterocycles. The summed E-state index contributed by atoms with van der Waals surface area (Å²) in [6.45, 7) is -0.0396. The van der Waals surface area contributed by atoms with Crippen molar-refractivity contribution in [3.05, 3.63) is 72.1 Å². The van der Waals surface area contributed by atoms with Gasteiger partial charge in [0.25, 0.3) is 0 Å². The Morgan fingerprint density at radius 3 is 2.54 bits per heavy atom. The van der Waals surface area contributed by atoms with Crippen molar-refractivity contribution in [1.82, 2.24) is 19.2 Å². The summed E-state index contributed by atoms with van der Waals surface area (Å²) in [5.74, 6) is -0.447. The van der Waals surface area contributed by atoms with Crippen LogP contribution >= 0.6 is 0 Å². The maximum atomic E-state index is 13.2. The molecule has 0 radical (unpaired) electrons. The molecular formula is C17H13N4O3+. The van der Waals surface area contributed by atoms with Crippen LogP contribution in [-0.2, 0) is 6.54 Å². The van der Waals surface area contributed by atoms with Gasteiger partial charge >= 0.3 is 17.9 Å². The van der Waals surface area contributed by atoms with Crippen molar-refractivity contribution in [3.63, 3.8) is 0 Å². The Bertz CT molecular complexity index is 951. The number of aromatic nitrogens is 3. The van der Waals surface area contributed by atoms with Crippen LogP contribution in [0, 0.1) is 0 Å². The van der Waals surface area contributed by atoms with E-state index < -0.39 is 16.5 Å². The van der Waals surface area contributed by atoms with E-state index in [9.17, 15) is 14.7 Å². The van der Waals surface area contributed by atoms with Crippen LogP contribution in [0.15, 0.2) is 60.9 Å². The minimum Gasteiger partial charge on any atom is -0.435 e. The topological polar surface area (TPSA) is 85.1 Å². The number of para-hydroxylation sites is 1. The summed E-state index contributed by atoms with van der Waals surface area (Å²) in [5, 5.41) is 17.8. The lowest BCUT2D eigenvalue weighted by atomic mass is 10.1. The molecule has 1 N–H and O–H groups in total. The van der Waals surface area contributed by atoms with Crippen LogP contribution in [0.5, 0.6) is 0 Å². The molecule has 24 heavy (non-hydrogen) atoms. The summed E-state index contributed by atoms with van der Waals surface area (Å²) in [7, 11) is 0. The Morgan fingerprint density at radius 2 is 1.79 bits per heavy atom. The number of benzene rings is 2. The van der Waals surface area contributed by atoms with E-state index in [2.05, 4.69) is 10.2 Å². The average Bonchev–Trinajstić information content (AvgIpc) is 3.09. The Kier molecular flexibility index (Phi) is 3.04. The Hall–Kier alpha value is -3.32. The van der Waals surface area contributed by atoms with Crippen molar-refractivity contribution >= 4 is 17.9 Å². The fraction of sp³-hybridized carbons (Fsp3) is 0.0588. The molecule has 1 unspecified atom stereocenters. The monoisotopic (exact) mass is 321 g/mol. The first-order chi connectivity index (χ1) is 11.6. The second-order valence-electron chi connectivity index (χ2n) is 5.56. The molecule has 7 heteroatoms. The van der Waals surface area contributed by atoms with Crippen molar-refractivity contribution in [2.75, 3.05) is 0 Å². The number of nitrogens with zero attached hydrogens (tertiary/aromatic N) is 4. The number of hydrogen-bond acceptors (Lipinski definition) is 4. The molecule has 0 aliphatic carbocycles. The molecule has 0 saturated heterocycles. The fourth-order valence-electron chi connectivity index (χ4n) is 3.06. The summed E-state index contributed by atoms with van der Waals surface area (Å²) in [6, 6.07) is 15.9.